The lowest BCUT2D eigenvalue weighted by Crippen LogP contribution is -2.28. The molecule has 0 aliphatic rings. The molecule has 2 heterocycles. The zero-order valence-corrected chi connectivity index (χ0v) is 14.0. The molecule has 24 heavy (non-hydrogen) atoms. The number of pyridine rings is 1. The number of amides is 2. The first-order valence-corrected chi connectivity index (χ1v) is 8.61. The van der Waals surface area contributed by atoms with Crippen LogP contribution in [0.25, 0.3) is 5.82 Å². The Kier molecular flexibility index (Phi) is 5.12. The molecular weight excluding hydrogens is 322 g/mol. The van der Waals surface area contributed by atoms with Crippen LogP contribution in [0.5, 0.6) is 0 Å². The molecule has 2 amide bonds. The highest BCUT2D eigenvalue weighted by molar-refractivity contribution is 7.98. The molecule has 0 unspecified atom stereocenters. The summed E-state index contributed by atoms with van der Waals surface area (Å²) in [5.41, 5.74) is 1.65. The zero-order chi connectivity index (χ0) is 16.8. The number of thioether (sulfide) groups is 1. The molecule has 3 aromatic rings. The quantitative estimate of drug-likeness (QED) is 0.700. The van der Waals surface area contributed by atoms with E-state index in [4.69, 9.17) is 0 Å². The maximum atomic E-state index is 12.1. The molecular formula is C17H17N5OS. The second-order valence-corrected chi connectivity index (χ2v) is 5.86. The van der Waals surface area contributed by atoms with Gasteiger partial charge in [-0.15, -0.1) is 11.8 Å². The molecule has 0 atom stereocenters. The molecule has 0 bridgehead atoms. The Labute approximate surface area is 144 Å². The van der Waals surface area contributed by atoms with Gasteiger partial charge in [0.1, 0.15) is 0 Å². The minimum absolute atomic E-state index is 0.261. The largest absolute Gasteiger partial charge is 0.334 e. The summed E-state index contributed by atoms with van der Waals surface area (Å²) in [5, 5.41) is 9.87. The summed E-state index contributed by atoms with van der Waals surface area (Å²) < 4.78 is 1.68. The standard InChI is InChI=1S/C17H17N5OS/c1-24-15-7-2-6-14(11-15)21-17(23)19-12-13-5-3-8-18-16(13)22-10-4-9-20-22/h2-11H,12H2,1H3,(H2,19,21,23). The van der Waals surface area contributed by atoms with Crippen molar-refractivity contribution >= 4 is 23.5 Å². The SMILES string of the molecule is CSc1cccc(NC(=O)NCc2cccnc2-n2cccn2)c1. The number of anilines is 1. The van der Waals surface area contributed by atoms with Gasteiger partial charge < -0.3 is 10.6 Å². The van der Waals surface area contributed by atoms with Crippen molar-refractivity contribution in [3.8, 4) is 5.82 Å². The smallest absolute Gasteiger partial charge is 0.319 e. The van der Waals surface area contributed by atoms with Crippen molar-refractivity contribution in [2.24, 2.45) is 0 Å². The minimum atomic E-state index is -0.261. The fourth-order valence-electron chi connectivity index (χ4n) is 2.22. The van der Waals surface area contributed by atoms with Crippen LogP contribution in [-0.4, -0.2) is 27.1 Å². The molecule has 0 aliphatic carbocycles. The maximum Gasteiger partial charge on any atom is 0.319 e. The van der Waals surface area contributed by atoms with Gasteiger partial charge in [-0.3, -0.25) is 0 Å². The topological polar surface area (TPSA) is 71.8 Å². The summed E-state index contributed by atoms with van der Waals surface area (Å²) in [6.45, 7) is 0.358. The molecule has 0 saturated heterocycles. The lowest BCUT2D eigenvalue weighted by molar-refractivity contribution is 0.251. The van der Waals surface area contributed by atoms with Crippen LogP contribution in [0.1, 0.15) is 5.56 Å². The Morgan fingerprint density at radius 2 is 2.12 bits per heavy atom. The highest BCUT2D eigenvalue weighted by Gasteiger charge is 2.08. The van der Waals surface area contributed by atoms with Gasteiger partial charge in [0.05, 0.1) is 0 Å². The van der Waals surface area contributed by atoms with Crippen molar-refractivity contribution in [1.82, 2.24) is 20.1 Å². The number of benzene rings is 1. The van der Waals surface area contributed by atoms with E-state index >= 15 is 0 Å². The Hall–Kier alpha value is -2.80. The van der Waals surface area contributed by atoms with E-state index in [9.17, 15) is 4.79 Å². The van der Waals surface area contributed by atoms with Gasteiger partial charge in [0.2, 0.25) is 0 Å². The van der Waals surface area contributed by atoms with E-state index in [1.54, 1.807) is 28.8 Å². The number of hydrogen-bond donors (Lipinski definition) is 2. The number of nitrogens with one attached hydrogen (secondary N) is 2. The number of aromatic nitrogens is 3. The molecule has 0 fully saturated rings. The number of hydrogen-bond acceptors (Lipinski definition) is 4. The number of carbonyl (C=O) groups is 1. The number of rotatable bonds is 5. The molecule has 7 heteroatoms. The van der Waals surface area contributed by atoms with Gasteiger partial charge >= 0.3 is 6.03 Å². The van der Waals surface area contributed by atoms with E-state index in [0.717, 1.165) is 16.1 Å². The van der Waals surface area contributed by atoms with E-state index < -0.39 is 0 Å². The minimum Gasteiger partial charge on any atom is -0.334 e. The van der Waals surface area contributed by atoms with Gasteiger partial charge in [-0.1, -0.05) is 12.1 Å². The Balaban J connectivity index is 1.65. The van der Waals surface area contributed by atoms with E-state index in [2.05, 4.69) is 20.7 Å². The normalized spacial score (nSPS) is 10.4. The fraction of sp³-hybridized carbons (Fsp3) is 0.118. The zero-order valence-electron chi connectivity index (χ0n) is 13.1. The van der Waals surface area contributed by atoms with E-state index in [-0.39, 0.29) is 6.03 Å². The van der Waals surface area contributed by atoms with Gasteiger partial charge in [-0.25, -0.2) is 14.5 Å². The first kappa shape index (κ1) is 16.1. The van der Waals surface area contributed by atoms with Crippen molar-refractivity contribution in [1.29, 1.82) is 0 Å². The maximum absolute atomic E-state index is 12.1. The molecule has 6 nitrogen and oxygen atoms in total. The van der Waals surface area contributed by atoms with Gasteiger partial charge in [0, 0.05) is 41.3 Å². The lowest BCUT2D eigenvalue weighted by Gasteiger charge is -2.11. The third kappa shape index (κ3) is 3.94. The van der Waals surface area contributed by atoms with Crippen LogP contribution in [-0.2, 0) is 6.54 Å². The number of nitrogens with zero attached hydrogens (tertiary/aromatic N) is 3. The van der Waals surface area contributed by atoms with Crippen molar-refractivity contribution in [3.05, 3.63) is 66.6 Å². The number of urea groups is 1. The van der Waals surface area contributed by atoms with Crippen molar-refractivity contribution in [3.63, 3.8) is 0 Å². The third-order valence-corrected chi connectivity index (χ3v) is 4.08. The molecule has 0 spiro atoms. The molecule has 2 N–H and O–H groups in total. The highest BCUT2D eigenvalue weighted by atomic mass is 32.2. The third-order valence-electron chi connectivity index (χ3n) is 3.36. The summed E-state index contributed by atoms with van der Waals surface area (Å²) in [4.78, 5) is 17.5. The average molecular weight is 339 g/mol. The summed E-state index contributed by atoms with van der Waals surface area (Å²) in [7, 11) is 0. The van der Waals surface area contributed by atoms with Crippen LogP contribution < -0.4 is 10.6 Å². The van der Waals surface area contributed by atoms with Gasteiger partial charge in [0.15, 0.2) is 5.82 Å². The van der Waals surface area contributed by atoms with E-state index in [0.29, 0.717) is 12.4 Å². The predicted octanol–water partition coefficient (Wildman–Crippen LogP) is 3.31. The predicted molar refractivity (Wildman–Crippen MR) is 95.4 cm³/mol. The molecule has 0 radical (unpaired) electrons. The summed E-state index contributed by atoms with van der Waals surface area (Å²) >= 11 is 1.63. The molecule has 1 aromatic carbocycles. The van der Waals surface area contributed by atoms with Crippen LogP contribution in [0.3, 0.4) is 0 Å². The summed E-state index contributed by atoms with van der Waals surface area (Å²) in [6, 6.07) is 13.0. The van der Waals surface area contributed by atoms with Crippen LogP contribution in [0.15, 0.2) is 66.0 Å². The Morgan fingerprint density at radius 3 is 2.92 bits per heavy atom. The lowest BCUT2D eigenvalue weighted by atomic mass is 10.2. The Morgan fingerprint density at radius 1 is 1.21 bits per heavy atom. The molecule has 3 rings (SSSR count). The van der Waals surface area contributed by atoms with Gasteiger partial charge in [-0.2, -0.15) is 5.10 Å². The monoisotopic (exact) mass is 339 g/mol. The second kappa shape index (κ2) is 7.65. The summed E-state index contributed by atoms with van der Waals surface area (Å²) in [5.74, 6) is 0.701. The van der Waals surface area contributed by atoms with Crippen LogP contribution in [0.4, 0.5) is 10.5 Å². The van der Waals surface area contributed by atoms with E-state index in [1.807, 2.05) is 54.9 Å². The van der Waals surface area contributed by atoms with Crippen molar-refractivity contribution < 1.29 is 4.79 Å². The Bertz CT molecular complexity index is 819. The van der Waals surface area contributed by atoms with Crippen molar-refractivity contribution in [2.75, 3.05) is 11.6 Å². The second-order valence-electron chi connectivity index (χ2n) is 4.98. The molecule has 2 aromatic heterocycles. The number of carbonyl (C=O) groups excluding carboxylic acids is 1. The fourth-order valence-corrected chi connectivity index (χ4v) is 2.68. The van der Waals surface area contributed by atoms with Crippen LogP contribution in [0, 0.1) is 0 Å². The first-order valence-electron chi connectivity index (χ1n) is 7.39. The van der Waals surface area contributed by atoms with Crippen molar-refractivity contribution in [2.45, 2.75) is 11.4 Å². The van der Waals surface area contributed by atoms with Crippen LogP contribution in [0.2, 0.25) is 0 Å². The van der Waals surface area contributed by atoms with Crippen LogP contribution >= 0.6 is 11.8 Å². The average Bonchev–Trinajstić information content (AvgIpc) is 3.15. The van der Waals surface area contributed by atoms with Gasteiger partial charge in [0.25, 0.3) is 0 Å². The molecule has 0 aliphatic heterocycles. The molecule has 122 valence electrons. The highest BCUT2D eigenvalue weighted by Crippen LogP contribution is 2.18. The first-order chi connectivity index (χ1) is 11.8. The molecule has 0 saturated carbocycles. The summed E-state index contributed by atoms with van der Waals surface area (Å²) in [6.07, 6.45) is 7.21. The van der Waals surface area contributed by atoms with Gasteiger partial charge in [-0.05, 0) is 36.6 Å². The van der Waals surface area contributed by atoms with E-state index in [1.165, 1.54) is 0 Å².